The molecule has 1 aliphatic heterocycles. The number of aliphatic carboxylic acids is 1. The molecular weight excluding hydrogens is 281 g/mol. The molecule has 1 aliphatic rings. The van der Waals surface area contributed by atoms with Crippen LogP contribution in [0, 0.1) is 0 Å². The van der Waals surface area contributed by atoms with Crippen molar-refractivity contribution in [1.29, 1.82) is 0 Å². The summed E-state index contributed by atoms with van der Waals surface area (Å²) < 4.78 is 0. The molecule has 2 atom stereocenters. The van der Waals surface area contributed by atoms with Crippen LogP contribution in [0.3, 0.4) is 0 Å². The molecule has 3 nitrogen and oxygen atoms in total. The Labute approximate surface area is 113 Å². The van der Waals surface area contributed by atoms with Crippen LogP contribution >= 0.6 is 35.0 Å². The van der Waals surface area contributed by atoms with Gasteiger partial charge in [0.2, 0.25) is 0 Å². The lowest BCUT2D eigenvalue weighted by Gasteiger charge is -2.29. The maximum atomic E-state index is 10.9. The van der Waals surface area contributed by atoms with Gasteiger partial charge in [0.05, 0.1) is 0 Å². The van der Waals surface area contributed by atoms with Gasteiger partial charge in [-0.3, -0.25) is 10.1 Å². The summed E-state index contributed by atoms with van der Waals surface area (Å²) in [5.74, 6) is 0.536. The third-order valence-corrected chi connectivity index (χ3v) is 4.32. The Morgan fingerprint density at radius 3 is 2.88 bits per heavy atom. The van der Waals surface area contributed by atoms with Crippen molar-refractivity contribution in [2.24, 2.45) is 0 Å². The van der Waals surface area contributed by atoms with E-state index in [0.29, 0.717) is 15.8 Å². The molecule has 1 heterocycles. The molecule has 1 saturated heterocycles. The first kappa shape index (κ1) is 13.0. The average Bonchev–Trinajstić information content (AvgIpc) is 2.32. The number of carboxylic acids is 1. The molecule has 1 fully saturated rings. The molecule has 2 N–H and O–H groups in total. The molecule has 1 aromatic carbocycles. The van der Waals surface area contributed by atoms with Crippen LogP contribution in [0.4, 0.5) is 0 Å². The average molecular weight is 292 g/mol. The second-order valence-corrected chi connectivity index (χ2v) is 5.73. The van der Waals surface area contributed by atoms with Crippen molar-refractivity contribution in [2.75, 3.05) is 11.5 Å². The summed E-state index contributed by atoms with van der Waals surface area (Å²) in [4.78, 5) is 10.9. The third kappa shape index (κ3) is 3.07. The number of hydrogen-bond donors (Lipinski definition) is 2. The van der Waals surface area contributed by atoms with Crippen LogP contribution in [0.15, 0.2) is 18.2 Å². The summed E-state index contributed by atoms with van der Waals surface area (Å²) in [6.07, 6.45) is 0. The first-order chi connectivity index (χ1) is 8.08. The normalized spacial score (nSPS) is 24.6. The molecular formula is C11H11Cl2NO2S. The minimum atomic E-state index is -0.833. The topological polar surface area (TPSA) is 49.3 Å². The van der Waals surface area contributed by atoms with Crippen molar-refractivity contribution in [1.82, 2.24) is 5.32 Å². The van der Waals surface area contributed by atoms with Gasteiger partial charge in [-0.15, -0.1) is 0 Å². The highest BCUT2D eigenvalue weighted by atomic mass is 35.5. The number of nitrogens with one attached hydrogen (secondary N) is 1. The van der Waals surface area contributed by atoms with Crippen molar-refractivity contribution >= 4 is 40.9 Å². The molecule has 2 unspecified atom stereocenters. The summed E-state index contributed by atoms with van der Waals surface area (Å²) >= 11 is 13.6. The Hall–Kier alpha value is -0.420. The lowest BCUT2D eigenvalue weighted by Crippen LogP contribution is -2.45. The van der Waals surface area contributed by atoms with Gasteiger partial charge in [0.25, 0.3) is 0 Å². The maximum Gasteiger partial charge on any atom is 0.321 e. The molecule has 0 radical (unpaired) electrons. The molecule has 0 aromatic heterocycles. The quantitative estimate of drug-likeness (QED) is 0.880. The molecule has 6 heteroatoms. The second kappa shape index (κ2) is 5.48. The van der Waals surface area contributed by atoms with E-state index in [0.717, 1.165) is 11.3 Å². The molecule has 2 rings (SSSR count). The molecule has 0 bridgehead atoms. The second-order valence-electron chi connectivity index (χ2n) is 3.81. The van der Waals surface area contributed by atoms with Gasteiger partial charge in [0, 0.05) is 27.6 Å². The smallest absolute Gasteiger partial charge is 0.321 e. The SMILES string of the molecule is O=C(O)C1CSCC(c2cc(Cl)ccc2Cl)N1. The summed E-state index contributed by atoms with van der Waals surface area (Å²) in [6.45, 7) is 0. The van der Waals surface area contributed by atoms with Gasteiger partial charge in [0.15, 0.2) is 0 Å². The highest BCUT2D eigenvalue weighted by Gasteiger charge is 2.28. The van der Waals surface area contributed by atoms with E-state index in [1.165, 1.54) is 0 Å². The summed E-state index contributed by atoms with van der Waals surface area (Å²) in [5.41, 5.74) is 0.859. The number of halogens is 2. The highest BCUT2D eigenvalue weighted by molar-refractivity contribution is 7.99. The maximum absolute atomic E-state index is 10.9. The summed E-state index contributed by atoms with van der Waals surface area (Å²) in [7, 11) is 0. The van der Waals surface area contributed by atoms with Crippen LogP contribution in [-0.4, -0.2) is 28.6 Å². The van der Waals surface area contributed by atoms with E-state index >= 15 is 0 Å². The number of rotatable bonds is 2. The predicted molar refractivity (Wildman–Crippen MR) is 71.1 cm³/mol. The Bertz CT molecular complexity index is 441. The molecule has 17 heavy (non-hydrogen) atoms. The Kier molecular flexibility index (Phi) is 4.20. The van der Waals surface area contributed by atoms with Crippen molar-refractivity contribution in [3.8, 4) is 0 Å². The van der Waals surface area contributed by atoms with Crippen molar-refractivity contribution in [3.05, 3.63) is 33.8 Å². The van der Waals surface area contributed by atoms with E-state index in [9.17, 15) is 4.79 Å². The number of hydrogen-bond acceptors (Lipinski definition) is 3. The third-order valence-electron chi connectivity index (χ3n) is 2.60. The molecule has 1 aromatic rings. The van der Waals surface area contributed by atoms with Gasteiger partial charge >= 0.3 is 5.97 Å². The molecule has 92 valence electrons. The Morgan fingerprint density at radius 2 is 2.18 bits per heavy atom. The van der Waals surface area contributed by atoms with Crippen molar-refractivity contribution < 1.29 is 9.90 Å². The predicted octanol–water partition coefficient (Wildman–Crippen LogP) is 2.82. The highest BCUT2D eigenvalue weighted by Crippen LogP contribution is 2.31. The minimum Gasteiger partial charge on any atom is -0.480 e. The van der Waals surface area contributed by atoms with Gasteiger partial charge in [0.1, 0.15) is 6.04 Å². The number of carboxylic acid groups (broad SMARTS) is 1. The van der Waals surface area contributed by atoms with Crippen LogP contribution in [0.1, 0.15) is 11.6 Å². The van der Waals surface area contributed by atoms with Gasteiger partial charge in [-0.25, -0.2) is 0 Å². The lowest BCUT2D eigenvalue weighted by molar-refractivity contribution is -0.139. The lowest BCUT2D eigenvalue weighted by atomic mass is 10.1. The molecule has 0 amide bonds. The fourth-order valence-electron chi connectivity index (χ4n) is 1.75. The number of benzene rings is 1. The fourth-order valence-corrected chi connectivity index (χ4v) is 3.30. The van der Waals surface area contributed by atoms with Crippen LogP contribution < -0.4 is 5.32 Å². The van der Waals surface area contributed by atoms with Gasteiger partial charge in [-0.1, -0.05) is 23.2 Å². The molecule has 0 aliphatic carbocycles. The van der Waals surface area contributed by atoms with Gasteiger partial charge < -0.3 is 5.11 Å². The monoisotopic (exact) mass is 291 g/mol. The zero-order valence-corrected chi connectivity index (χ0v) is 11.1. The number of carbonyl (C=O) groups is 1. The van der Waals surface area contributed by atoms with Gasteiger partial charge in [-0.2, -0.15) is 11.8 Å². The first-order valence-electron chi connectivity index (χ1n) is 5.09. The van der Waals surface area contributed by atoms with Crippen molar-refractivity contribution in [3.63, 3.8) is 0 Å². The van der Waals surface area contributed by atoms with Crippen LogP contribution in [0.25, 0.3) is 0 Å². The Balaban J connectivity index is 2.21. The zero-order valence-electron chi connectivity index (χ0n) is 8.82. The van der Waals surface area contributed by atoms with E-state index in [4.69, 9.17) is 28.3 Å². The van der Waals surface area contributed by atoms with Crippen LogP contribution in [0.5, 0.6) is 0 Å². The van der Waals surface area contributed by atoms with E-state index in [1.54, 1.807) is 30.0 Å². The van der Waals surface area contributed by atoms with Gasteiger partial charge in [-0.05, 0) is 23.8 Å². The zero-order chi connectivity index (χ0) is 12.4. The van der Waals surface area contributed by atoms with Crippen molar-refractivity contribution in [2.45, 2.75) is 12.1 Å². The number of thioether (sulfide) groups is 1. The summed E-state index contributed by atoms with van der Waals surface area (Å²) in [5, 5.41) is 13.3. The van der Waals surface area contributed by atoms with E-state index in [1.807, 2.05) is 0 Å². The van der Waals surface area contributed by atoms with E-state index in [-0.39, 0.29) is 6.04 Å². The summed E-state index contributed by atoms with van der Waals surface area (Å²) in [6, 6.07) is 4.63. The first-order valence-corrected chi connectivity index (χ1v) is 7.00. The van der Waals surface area contributed by atoms with Crippen LogP contribution in [-0.2, 0) is 4.79 Å². The molecule has 0 spiro atoms. The van der Waals surface area contributed by atoms with E-state index < -0.39 is 12.0 Å². The fraction of sp³-hybridized carbons (Fsp3) is 0.364. The van der Waals surface area contributed by atoms with Crippen LogP contribution in [0.2, 0.25) is 10.0 Å². The van der Waals surface area contributed by atoms with E-state index in [2.05, 4.69) is 5.32 Å². The Morgan fingerprint density at radius 1 is 1.41 bits per heavy atom. The largest absolute Gasteiger partial charge is 0.480 e. The standard InChI is InChI=1S/C11H11Cl2NO2S/c12-6-1-2-8(13)7(3-6)9-4-17-5-10(14-9)11(15)16/h1-3,9-10,14H,4-5H2,(H,15,16). The molecule has 0 saturated carbocycles. The minimum absolute atomic E-state index is 0.0685.